The molecule has 0 bridgehead atoms. The molecule has 2 unspecified atom stereocenters. The quantitative estimate of drug-likeness (QED) is 0.202. The number of thiazole rings is 1. The lowest BCUT2D eigenvalue weighted by molar-refractivity contribution is -0.384. The van der Waals surface area contributed by atoms with Gasteiger partial charge in [0.2, 0.25) is 17.7 Å². The third kappa shape index (κ3) is 5.21. The number of rotatable bonds is 8. The van der Waals surface area contributed by atoms with Crippen LogP contribution in [0.2, 0.25) is 0 Å². The van der Waals surface area contributed by atoms with Crippen LogP contribution in [0.1, 0.15) is 49.5 Å². The summed E-state index contributed by atoms with van der Waals surface area (Å²) in [7, 11) is 0. The number of non-ortho nitro benzene ring substituents is 1. The van der Waals surface area contributed by atoms with E-state index in [1.54, 1.807) is 4.90 Å². The smallest absolute Gasteiger partial charge is 0.308 e. The highest BCUT2D eigenvalue weighted by Gasteiger charge is 2.57. The molecular weight excluding hydrogens is 603 g/mol. The monoisotopic (exact) mass is 635 g/mol. The molecule has 0 N–H and O–H groups in total. The van der Waals surface area contributed by atoms with Gasteiger partial charge in [-0.05, 0) is 62.9 Å². The number of nitrogens with zero attached hydrogens (tertiary/aromatic N) is 5. The maximum absolute atomic E-state index is 14.1. The van der Waals surface area contributed by atoms with E-state index in [-0.39, 0.29) is 28.7 Å². The van der Waals surface area contributed by atoms with Crippen LogP contribution in [0.5, 0.6) is 0 Å². The Bertz CT molecular complexity index is 1660. The number of fused-ring (bicyclic) bond motifs is 2. The molecule has 11 nitrogen and oxygen atoms in total. The molecule has 4 heterocycles. The number of aromatic nitrogens is 1. The van der Waals surface area contributed by atoms with Gasteiger partial charge in [0.15, 0.2) is 0 Å². The van der Waals surface area contributed by atoms with Gasteiger partial charge >= 0.3 is 4.87 Å². The summed E-state index contributed by atoms with van der Waals surface area (Å²) >= 11 is 2.20. The van der Waals surface area contributed by atoms with Gasteiger partial charge < -0.3 is 9.80 Å². The molecule has 0 radical (unpaired) electrons. The fraction of sp³-hybridized carbons (Fsp3) is 0.419. The van der Waals surface area contributed by atoms with Gasteiger partial charge in [-0.15, -0.1) is 0 Å². The molecule has 2 saturated heterocycles. The third-order valence-electron chi connectivity index (χ3n) is 8.75. The number of amides is 3. The number of nitro groups is 1. The highest BCUT2D eigenvalue weighted by molar-refractivity contribution is 8.00. The van der Waals surface area contributed by atoms with Gasteiger partial charge in [-0.2, -0.15) is 0 Å². The second-order valence-electron chi connectivity index (χ2n) is 11.2. The molecule has 0 saturated carbocycles. The number of hydrogen-bond acceptors (Lipinski definition) is 9. The number of carbonyl (C=O) groups is 3. The zero-order valence-corrected chi connectivity index (χ0v) is 26.1. The molecule has 3 aliphatic heterocycles. The molecule has 3 atom stereocenters. The molecule has 2 aromatic carbocycles. The van der Waals surface area contributed by atoms with Crippen LogP contribution in [-0.4, -0.2) is 63.5 Å². The van der Waals surface area contributed by atoms with Crippen molar-refractivity contribution < 1.29 is 19.3 Å². The lowest BCUT2D eigenvalue weighted by atomic mass is 9.83. The summed E-state index contributed by atoms with van der Waals surface area (Å²) in [4.78, 5) is 70.9. The number of carbonyl (C=O) groups excluding carboxylic acids is 3. The fourth-order valence-corrected chi connectivity index (χ4v) is 9.23. The van der Waals surface area contributed by atoms with Crippen molar-refractivity contribution in [2.45, 2.75) is 55.8 Å². The summed E-state index contributed by atoms with van der Waals surface area (Å²) in [5.41, 5.74) is 1.95. The lowest BCUT2D eigenvalue weighted by Crippen LogP contribution is -2.39. The van der Waals surface area contributed by atoms with Crippen LogP contribution in [-0.2, 0) is 20.9 Å². The van der Waals surface area contributed by atoms with Crippen molar-refractivity contribution in [3.8, 4) is 0 Å². The molecule has 3 aromatic rings. The number of piperidine rings is 1. The van der Waals surface area contributed by atoms with Crippen LogP contribution in [0.3, 0.4) is 0 Å². The maximum Gasteiger partial charge on any atom is 0.308 e. The Morgan fingerprint density at radius 2 is 1.61 bits per heavy atom. The van der Waals surface area contributed by atoms with Gasteiger partial charge in [0.25, 0.3) is 5.69 Å². The molecule has 1 aromatic heterocycles. The van der Waals surface area contributed by atoms with E-state index < -0.39 is 33.8 Å². The van der Waals surface area contributed by atoms with E-state index in [1.807, 2.05) is 24.3 Å². The summed E-state index contributed by atoms with van der Waals surface area (Å²) in [5, 5.41) is 10.9. The number of benzene rings is 2. The van der Waals surface area contributed by atoms with Gasteiger partial charge in [0.05, 0.1) is 21.6 Å². The van der Waals surface area contributed by atoms with E-state index in [2.05, 4.69) is 18.7 Å². The van der Waals surface area contributed by atoms with Crippen molar-refractivity contribution in [2.75, 3.05) is 36.0 Å². The maximum atomic E-state index is 14.1. The first-order valence-electron chi connectivity index (χ1n) is 14.9. The number of anilines is 2. The first-order valence-corrected chi connectivity index (χ1v) is 16.6. The average Bonchev–Trinajstić information content (AvgIpc) is 3.48. The Hall–Kier alpha value is -3.97. The molecular formula is C31H33N5O6S2. The number of nitro benzene ring substituents is 1. The summed E-state index contributed by atoms with van der Waals surface area (Å²) in [5.74, 6) is -2.36. The zero-order valence-electron chi connectivity index (χ0n) is 24.5. The van der Waals surface area contributed by atoms with E-state index in [0.717, 1.165) is 59.8 Å². The van der Waals surface area contributed by atoms with Gasteiger partial charge in [0, 0.05) is 54.8 Å². The van der Waals surface area contributed by atoms with Crippen LogP contribution >= 0.6 is 23.1 Å². The summed E-state index contributed by atoms with van der Waals surface area (Å²) in [6.45, 7) is 7.03. The van der Waals surface area contributed by atoms with Crippen molar-refractivity contribution in [1.29, 1.82) is 0 Å². The third-order valence-corrected chi connectivity index (χ3v) is 11.4. The number of thioether (sulfide) groups is 1. The topological polar surface area (TPSA) is 126 Å². The SMILES string of the molecule is CCN(CC)c1ccc([C@H]2c3sc(=O)n(CC(=O)N4CCCCC4)c3SC3C(=O)N(c4ccc([N+](=O)[O-])cc4)C(=O)C32)cc1. The summed E-state index contributed by atoms with van der Waals surface area (Å²) in [6, 6.07) is 13.3. The standard InChI is InChI=1S/C31H33N5O6S2/c1-3-32(4-2)20-10-8-19(9-11-20)24-25-26(29(39)35(28(25)38)21-12-14-22(15-13-21)36(41)42)43-30-27(24)44-31(40)34(30)18-23(37)33-16-6-5-7-17-33/h8-15,24-26H,3-7,16-18H2,1-2H3/t24-,25?,26?/m1/s1. The minimum Gasteiger partial charge on any atom is -0.372 e. The summed E-state index contributed by atoms with van der Waals surface area (Å²) < 4.78 is 1.47. The predicted octanol–water partition coefficient (Wildman–Crippen LogP) is 4.47. The van der Waals surface area contributed by atoms with Crippen molar-refractivity contribution in [2.24, 2.45) is 5.92 Å². The van der Waals surface area contributed by atoms with E-state index in [9.17, 15) is 29.3 Å². The first-order chi connectivity index (χ1) is 21.2. The molecule has 0 aliphatic carbocycles. The van der Waals surface area contributed by atoms with Gasteiger partial charge in [-0.25, -0.2) is 4.90 Å². The minimum atomic E-state index is -0.831. The average molecular weight is 636 g/mol. The normalized spacial score (nSPS) is 21.3. The molecule has 0 spiro atoms. The number of likely N-dealkylation sites (tertiary alicyclic amines) is 1. The Morgan fingerprint density at radius 1 is 0.955 bits per heavy atom. The Morgan fingerprint density at radius 3 is 2.23 bits per heavy atom. The lowest BCUT2D eigenvalue weighted by Gasteiger charge is -2.31. The van der Waals surface area contributed by atoms with E-state index in [4.69, 9.17) is 0 Å². The van der Waals surface area contributed by atoms with E-state index in [0.29, 0.717) is 23.0 Å². The van der Waals surface area contributed by atoms with E-state index in [1.165, 1.54) is 40.6 Å². The number of imide groups is 1. The molecule has 13 heteroatoms. The highest BCUT2D eigenvalue weighted by Crippen LogP contribution is 2.54. The predicted molar refractivity (Wildman–Crippen MR) is 170 cm³/mol. The summed E-state index contributed by atoms with van der Waals surface area (Å²) in [6.07, 6.45) is 2.94. The molecule has 44 heavy (non-hydrogen) atoms. The second kappa shape index (κ2) is 12.2. The molecule has 3 aliphatic rings. The Balaban J connectivity index is 1.42. The Kier molecular flexibility index (Phi) is 8.34. The number of hydrogen-bond donors (Lipinski definition) is 0. The molecule has 2 fully saturated rings. The Labute approximate surface area is 262 Å². The van der Waals surface area contributed by atoms with Gasteiger partial charge in [-0.3, -0.25) is 33.9 Å². The fourth-order valence-electron chi connectivity index (χ4n) is 6.45. The highest BCUT2D eigenvalue weighted by atomic mass is 32.2. The second-order valence-corrected chi connectivity index (χ2v) is 13.3. The molecule has 3 amide bonds. The van der Waals surface area contributed by atoms with Crippen LogP contribution in [0.4, 0.5) is 17.1 Å². The zero-order chi connectivity index (χ0) is 31.1. The largest absolute Gasteiger partial charge is 0.372 e. The van der Waals surface area contributed by atoms with Gasteiger partial charge in [0.1, 0.15) is 11.8 Å². The van der Waals surface area contributed by atoms with Crippen molar-refractivity contribution >= 4 is 57.9 Å². The van der Waals surface area contributed by atoms with Crippen molar-refractivity contribution in [1.82, 2.24) is 9.47 Å². The van der Waals surface area contributed by atoms with Gasteiger partial charge in [-0.1, -0.05) is 35.2 Å². The van der Waals surface area contributed by atoms with Crippen molar-refractivity contribution in [3.63, 3.8) is 0 Å². The molecule has 6 rings (SSSR count). The van der Waals surface area contributed by atoms with E-state index >= 15 is 0 Å². The molecule has 230 valence electrons. The first kappa shape index (κ1) is 30.1. The van der Waals surface area contributed by atoms with Crippen LogP contribution in [0.15, 0.2) is 58.4 Å². The van der Waals surface area contributed by atoms with Crippen LogP contribution in [0, 0.1) is 16.0 Å². The van der Waals surface area contributed by atoms with Crippen molar-refractivity contribution in [3.05, 3.63) is 78.8 Å². The van der Waals surface area contributed by atoms with Crippen LogP contribution < -0.4 is 14.7 Å². The minimum absolute atomic E-state index is 0.114. The van der Waals surface area contributed by atoms with Crippen LogP contribution in [0.25, 0.3) is 0 Å².